The lowest BCUT2D eigenvalue weighted by Gasteiger charge is -1.99. The summed E-state index contributed by atoms with van der Waals surface area (Å²) in [5.41, 5.74) is 1.93. The molecule has 2 nitrogen and oxygen atoms in total. The van der Waals surface area contributed by atoms with Crippen molar-refractivity contribution in [3.8, 4) is 12.1 Å². The maximum atomic E-state index is 8.67. The minimum Gasteiger partial charge on any atom is -0.192 e. The topological polar surface area (TPSA) is 47.6 Å². The van der Waals surface area contributed by atoms with E-state index >= 15 is 0 Å². The fourth-order valence-electron chi connectivity index (χ4n) is 0.915. The van der Waals surface area contributed by atoms with Crippen molar-refractivity contribution >= 4 is 15.9 Å². The molecule has 0 aliphatic heterocycles. The summed E-state index contributed by atoms with van der Waals surface area (Å²) < 4.78 is 0.768. The molecular formula is C9H5BrN2. The van der Waals surface area contributed by atoms with Crippen LogP contribution in [-0.2, 0) is 0 Å². The van der Waals surface area contributed by atoms with Crippen LogP contribution in [0.3, 0.4) is 0 Å². The van der Waals surface area contributed by atoms with Gasteiger partial charge in [0.25, 0.3) is 0 Å². The molecule has 58 valence electrons. The number of rotatable bonds is 0. The Hall–Kier alpha value is -1.32. The Morgan fingerprint density at radius 1 is 1.25 bits per heavy atom. The van der Waals surface area contributed by atoms with E-state index in [1.54, 1.807) is 12.1 Å². The zero-order valence-electron chi connectivity index (χ0n) is 6.43. The van der Waals surface area contributed by atoms with Crippen molar-refractivity contribution in [3.05, 3.63) is 33.3 Å². The Kier molecular flexibility index (Phi) is 2.47. The molecule has 0 spiro atoms. The molecule has 0 radical (unpaired) electrons. The number of nitrogens with zero attached hydrogens (tertiary/aromatic N) is 2. The Morgan fingerprint density at radius 2 is 1.92 bits per heavy atom. The molecular weight excluding hydrogens is 216 g/mol. The molecule has 1 aromatic rings. The lowest BCUT2D eigenvalue weighted by atomic mass is 10.1. The van der Waals surface area contributed by atoms with Crippen molar-refractivity contribution in [2.45, 2.75) is 6.92 Å². The molecule has 0 heterocycles. The molecule has 0 amide bonds. The van der Waals surface area contributed by atoms with E-state index in [0.717, 1.165) is 10.0 Å². The van der Waals surface area contributed by atoms with Gasteiger partial charge in [-0.3, -0.25) is 0 Å². The fraction of sp³-hybridized carbons (Fsp3) is 0.111. The predicted octanol–water partition coefficient (Wildman–Crippen LogP) is 2.50. The second-order valence-electron chi connectivity index (χ2n) is 2.38. The van der Waals surface area contributed by atoms with Crippen LogP contribution in [0.1, 0.15) is 16.7 Å². The van der Waals surface area contributed by atoms with Gasteiger partial charge in [-0.1, -0.05) is 0 Å². The summed E-state index contributed by atoms with van der Waals surface area (Å²) in [7, 11) is 0. The Bertz CT molecular complexity index is 396. The molecule has 0 unspecified atom stereocenters. The number of hydrogen-bond acceptors (Lipinski definition) is 2. The quantitative estimate of drug-likeness (QED) is 0.675. The highest BCUT2D eigenvalue weighted by molar-refractivity contribution is 9.10. The molecule has 1 aromatic carbocycles. The molecule has 0 aliphatic rings. The predicted molar refractivity (Wildman–Crippen MR) is 48.3 cm³/mol. The summed E-state index contributed by atoms with van der Waals surface area (Å²) in [6.07, 6.45) is 0. The summed E-state index contributed by atoms with van der Waals surface area (Å²) >= 11 is 3.27. The molecule has 0 N–H and O–H groups in total. The van der Waals surface area contributed by atoms with E-state index in [9.17, 15) is 0 Å². The van der Waals surface area contributed by atoms with Crippen LogP contribution in [0.15, 0.2) is 16.6 Å². The van der Waals surface area contributed by atoms with Gasteiger partial charge in [0.2, 0.25) is 0 Å². The van der Waals surface area contributed by atoms with Gasteiger partial charge in [-0.2, -0.15) is 10.5 Å². The first-order chi connectivity index (χ1) is 5.69. The van der Waals surface area contributed by atoms with Crippen molar-refractivity contribution in [1.82, 2.24) is 0 Å². The van der Waals surface area contributed by atoms with E-state index in [2.05, 4.69) is 15.9 Å². The molecule has 0 fully saturated rings. The third kappa shape index (κ3) is 1.47. The summed E-state index contributed by atoms with van der Waals surface area (Å²) in [6, 6.07) is 7.32. The molecule has 3 heteroatoms. The number of nitriles is 2. The van der Waals surface area contributed by atoms with E-state index in [1.807, 2.05) is 19.1 Å². The van der Waals surface area contributed by atoms with Crippen molar-refractivity contribution in [2.24, 2.45) is 0 Å². The lowest BCUT2D eigenvalue weighted by Crippen LogP contribution is -1.85. The van der Waals surface area contributed by atoms with E-state index in [-0.39, 0.29) is 0 Å². The molecule has 0 atom stereocenters. The normalized spacial score (nSPS) is 8.67. The second-order valence-corrected chi connectivity index (χ2v) is 3.17. The number of benzene rings is 1. The van der Waals surface area contributed by atoms with E-state index in [1.165, 1.54) is 0 Å². The third-order valence-electron chi connectivity index (χ3n) is 1.50. The molecule has 1 rings (SSSR count). The number of halogens is 1. The third-order valence-corrected chi connectivity index (χ3v) is 2.56. The SMILES string of the molecule is Cc1cc(C#N)cc(C#N)c1Br. The monoisotopic (exact) mass is 220 g/mol. The van der Waals surface area contributed by atoms with Gasteiger partial charge in [-0.25, -0.2) is 0 Å². The summed E-state index contributed by atoms with van der Waals surface area (Å²) in [5, 5.41) is 17.3. The fourth-order valence-corrected chi connectivity index (χ4v) is 1.23. The van der Waals surface area contributed by atoms with Crippen LogP contribution in [-0.4, -0.2) is 0 Å². The maximum absolute atomic E-state index is 8.67. The van der Waals surface area contributed by atoms with Gasteiger partial charge in [0.1, 0.15) is 6.07 Å². The zero-order valence-corrected chi connectivity index (χ0v) is 8.01. The van der Waals surface area contributed by atoms with Crippen LogP contribution in [0.2, 0.25) is 0 Å². The standard InChI is InChI=1S/C9H5BrN2/c1-6-2-7(4-11)3-8(5-12)9(6)10/h2-3H,1H3. The Balaban J connectivity index is 3.44. The molecule has 0 aromatic heterocycles. The molecule has 0 saturated heterocycles. The van der Waals surface area contributed by atoms with Crippen molar-refractivity contribution in [1.29, 1.82) is 10.5 Å². The minimum atomic E-state index is 0.506. The van der Waals surface area contributed by atoms with Crippen LogP contribution >= 0.6 is 15.9 Å². The van der Waals surface area contributed by atoms with Crippen molar-refractivity contribution < 1.29 is 0 Å². The van der Waals surface area contributed by atoms with E-state index < -0.39 is 0 Å². The van der Waals surface area contributed by atoms with Gasteiger partial charge in [-0.15, -0.1) is 0 Å². The first kappa shape index (κ1) is 8.77. The van der Waals surface area contributed by atoms with Crippen LogP contribution < -0.4 is 0 Å². The first-order valence-corrected chi connectivity index (χ1v) is 4.08. The number of aryl methyl sites for hydroxylation is 1. The van der Waals surface area contributed by atoms with Gasteiger partial charge >= 0.3 is 0 Å². The molecule has 0 bridgehead atoms. The average molecular weight is 221 g/mol. The van der Waals surface area contributed by atoms with Gasteiger partial charge < -0.3 is 0 Å². The smallest absolute Gasteiger partial charge is 0.100 e. The number of hydrogen-bond donors (Lipinski definition) is 0. The Morgan fingerprint density at radius 3 is 2.42 bits per heavy atom. The van der Waals surface area contributed by atoms with Crippen LogP contribution in [0, 0.1) is 29.6 Å². The van der Waals surface area contributed by atoms with Gasteiger partial charge in [0, 0.05) is 4.47 Å². The Labute approximate surface area is 79.2 Å². The zero-order chi connectivity index (χ0) is 9.14. The van der Waals surface area contributed by atoms with Crippen LogP contribution in [0.4, 0.5) is 0 Å². The molecule has 0 aliphatic carbocycles. The maximum Gasteiger partial charge on any atom is 0.100 e. The van der Waals surface area contributed by atoms with Crippen LogP contribution in [0.25, 0.3) is 0 Å². The summed E-state index contributed by atoms with van der Waals surface area (Å²) in [6.45, 7) is 1.85. The van der Waals surface area contributed by atoms with Gasteiger partial charge in [-0.05, 0) is 40.5 Å². The largest absolute Gasteiger partial charge is 0.192 e. The second kappa shape index (κ2) is 3.38. The molecule has 0 saturated carbocycles. The molecule has 12 heavy (non-hydrogen) atoms. The van der Waals surface area contributed by atoms with Gasteiger partial charge in [0.15, 0.2) is 0 Å². The summed E-state index contributed by atoms with van der Waals surface area (Å²) in [5.74, 6) is 0. The average Bonchev–Trinajstić information content (AvgIpc) is 2.09. The highest BCUT2D eigenvalue weighted by Gasteiger charge is 2.03. The van der Waals surface area contributed by atoms with Crippen molar-refractivity contribution in [2.75, 3.05) is 0 Å². The van der Waals surface area contributed by atoms with Crippen molar-refractivity contribution in [3.63, 3.8) is 0 Å². The van der Waals surface area contributed by atoms with Crippen LogP contribution in [0.5, 0.6) is 0 Å². The minimum absolute atomic E-state index is 0.506. The highest BCUT2D eigenvalue weighted by Crippen LogP contribution is 2.22. The van der Waals surface area contributed by atoms with Gasteiger partial charge in [0.05, 0.1) is 17.2 Å². The van der Waals surface area contributed by atoms with E-state index in [0.29, 0.717) is 11.1 Å². The lowest BCUT2D eigenvalue weighted by molar-refractivity contribution is 1.36. The first-order valence-electron chi connectivity index (χ1n) is 3.29. The van der Waals surface area contributed by atoms with E-state index in [4.69, 9.17) is 10.5 Å². The summed E-state index contributed by atoms with van der Waals surface area (Å²) in [4.78, 5) is 0. The highest BCUT2D eigenvalue weighted by atomic mass is 79.9.